The van der Waals surface area contributed by atoms with Crippen LogP contribution < -0.4 is 4.74 Å². The van der Waals surface area contributed by atoms with Crippen LogP contribution in [0.5, 0.6) is 5.75 Å². The van der Waals surface area contributed by atoms with Gasteiger partial charge in [-0.3, -0.25) is 14.3 Å². The van der Waals surface area contributed by atoms with Crippen LogP contribution in [0.15, 0.2) is 42.7 Å². The highest BCUT2D eigenvalue weighted by Gasteiger charge is 2.52. The Morgan fingerprint density at radius 1 is 1.11 bits per heavy atom. The zero-order valence-corrected chi connectivity index (χ0v) is 15.5. The summed E-state index contributed by atoms with van der Waals surface area (Å²) in [6.07, 6.45) is 5.46. The van der Waals surface area contributed by atoms with Crippen molar-refractivity contribution >= 4 is 11.8 Å². The number of methoxy groups -OCH3 is 1. The van der Waals surface area contributed by atoms with Gasteiger partial charge in [-0.2, -0.15) is 5.10 Å². The molecule has 27 heavy (non-hydrogen) atoms. The Bertz CT molecular complexity index is 822. The van der Waals surface area contributed by atoms with E-state index >= 15 is 0 Å². The zero-order chi connectivity index (χ0) is 18.9. The summed E-state index contributed by atoms with van der Waals surface area (Å²) in [5.74, 6) is 0.856. The maximum atomic E-state index is 13.0. The molecule has 1 aromatic carbocycles. The molecule has 1 saturated heterocycles. The van der Waals surface area contributed by atoms with Gasteiger partial charge in [0.15, 0.2) is 0 Å². The van der Waals surface area contributed by atoms with E-state index in [2.05, 4.69) is 5.10 Å². The summed E-state index contributed by atoms with van der Waals surface area (Å²) in [5.41, 5.74) is 0.317. The normalized spacial score (nSPS) is 18.3. The third-order valence-electron chi connectivity index (χ3n) is 5.50. The fraction of sp³-hybridized carbons (Fsp3) is 0.450. The van der Waals surface area contributed by atoms with E-state index in [4.69, 9.17) is 4.74 Å². The standard InChI is InChI=1S/C20H24N4O3/c1-27-17-5-2-4-16(14-17)18(25)22-10-12-23(13-11-22)19(26)20(6-7-20)15-24-9-3-8-21-24/h2-5,8-9,14H,6-7,10-13,15H2,1H3. The van der Waals surface area contributed by atoms with Crippen LogP contribution in [0.1, 0.15) is 23.2 Å². The molecule has 0 spiro atoms. The van der Waals surface area contributed by atoms with Gasteiger partial charge in [0.1, 0.15) is 5.75 Å². The summed E-state index contributed by atoms with van der Waals surface area (Å²) in [6.45, 7) is 2.91. The van der Waals surface area contributed by atoms with Crippen molar-refractivity contribution < 1.29 is 14.3 Å². The van der Waals surface area contributed by atoms with Crippen LogP contribution in [-0.2, 0) is 11.3 Å². The first kappa shape index (κ1) is 17.6. The number of carbonyl (C=O) groups is 2. The van der Waals surface area contributed by atoms with Gasteiger partial charge in [0.05, 0.1) is 19.1 Å². The highest BCUT2D eigenvalue weighted by Crippen LogP contribution is 2.48. The molecule has 0 N–H and O–H groups in total. The first-order chi connectivity index (χ1) is 13.1. The second-order valence-electron chi connectivity index (χ2n) is 7.30. The maximum Gasteiger partial charge on any atom is 0.254 e. The van der Waals surface area contributed by atoms with Crippen LogP contribution in [0, 0.1) is 5.41 Å². The monoisotopic (exact) mass is 368 g/mol. The number of rotatable bonds is 5. The Morgan fingerprint density at radius 2 is 1.85 bits per heavy atom. The van der Waals surface area contributed by atoms with Gasteiger partial charge in [0.25, 0.3) is 5.91 Å². The van der Waals surface area contributed by atoms with Crippen molar-refractivity contribution in [3.63, 3.8) is 0 Å². The molecule has 0 bridgehead atoms. The molecule has 0 atom stereocenters. The van der Waals surface area contributed by atoms with Crippen LogP contribution >= 0.6 is 0 Å². The van der Waals surface area contributed by atoms with E-state index in [0.717, 1.165) is 12.8 Å². The van der Waals surface area contributed by atoms with E-state index in [1.54, 1.807) is 25.4 Å². The van der Waals surface area contributed by atoms with Gasteiger partial charge in [-0.25, -0.2) is 0 Å². The van der Waals surface area contributed by atoms with Crippen molar-refractivity contribution in [2.75, 3.05) is 33.3 Å². The molecule has 0 unspecified atom stereocenters. The molecule has 1 saturated carbocycles. The van der Waals surface area contributed by atoms with Crippen molar-refractivity contribution in [3.05, 3.63) is 48.3 Å². The minimum Gasteiger partial charge on any atom is -0.497 e. The SMILES string of the molecule is COc1cccc(C(=O)N2CCN(C(=O)C3(Cn4cccn4)CC3)CC2)c1. The predicted molar refractivity (Wildman–Crippen MR) is 99.4 cm³/mol. The van der Waals surface area contributed by atoms with Crippen molar-refractivity contribution in [2.24, 2.45) is 5.41 Å². The van der Waals surface area contributed by atoms with E-state index in [0.29, 0.717) is 44.0 Å². The minimum absolute atomic E-state index is 0.0151. The Hall–Kier alpha value is -2.83. The Labute approximate surface area is 158 Å². The molecule has 2 fully saturated rings. The molecule has 1 aromatic heterocycles. The van der Waals surface area contributed by atoms with Crippen LogP contribution in [0.25, 0.3) is 0 Å². The number of hydrogen-bond donors (Lipinski definition) is 0. The third kappa shape index (κ3) is 3.54. The first-order valence-corrected chi connectivity index (χ1v) is 9.31. The third-order valence-corrected chi connectivity index (χ3v) is 5.50. The molecular weight excluding hydrogens is 344 g/mol. The first-order valence-electron chi connectivity index (χ1n) is 9.31. The number of carbonyl (C=O) groups excluding carboxylic acids is 2. The van der Waals surface area contributed by atoms with Gasteiger partial charge in [-0.15, -0.1) is 0 Å². The quantitative estimate of drug-likeness (QED) is 0.805. The lowest BCUT2D eigenvalue weighted by Gasteiger charge is -2.36. The molecule has 7 heteroatoms. The lowest BCUT2D eigenvalue weighted by atomic mass is 10.0. The number of amides is 2. The summed E-state index contributed by atoms with van der Waals surface area (Å²) >= 11 is 0. The highest BCUT2D eigenvalue weighted by molar-refractivity contribution is 5.95. The topological polar surface area (TPSA) is 67.7 Å². The van der Waals surface area contributed by atoms with Crippen molar-refractivity contribution in [2.45, 2.75) is 19.4 Å². The van der Waals surface area contributed by atoms with Crippen molar-refractivity contribution in [1.29, 1.82) is 0 Å². The van der Waals surface area contributed by atoms with Crippen molar-refractivity contribution in [3.8, 4) is 5.75 Å². The molecule has 2 amide bonds. The highest BCUT2D eigenvalue weighted by atomic mass is 16.5. The summed E-state index contributed by atoms with van der Waals surface area (Å²) in [7, 11) is 1.59. The molecule has 2 heterocycles. The molecule has 1 aliphatic heterocycles. The average molecular weight is 368 g/mol. The Morgan fingerprint density at radius 3 is 2.48 bits per heavy atom. The van der Waals surface area contributed by atoms with Gasteiger partial charge in [0.2, 0.25) is 5.91 Å². The molecule has 2 aromatic rings. The van der Waals surface area contributed by atoms with Crippen LogP contribution in [0.4, 0.5) is 0 Å². The van der Waals surface area contributed by atoms with E-state index in [9.17, 15) is 9.59 Å². The van der Waals surface area contributed by atoms with Gasteiger partial charge in [0, 0.05) is 44.1 Å². The number of nitrogens with zero attached hydrogens (tertiary/aromatic N) is 4. The molecule has 7 nitrogen and oxygen atoms in total. The van der Waals surface area contributed by atoms with Crippen LogP contribution in [0.2, 0.25) is 0 Å². The smallest absolute Gasteiger partial charge is 0.254 e. The number of benzene rings is 1. The lowest BCUT2D eigenvalue weighted by molar-refractivity contribution is -0.139. The van der Waals surface area contributed by atoms with Gasteiger partial charge < -0.3 is 14.5 Å². The van der Waals surface area contributed by atoms with Gasteiger partial charge >= 0.3 is 0 Å². The average Bonchev–Trinajstić information content (AvgIpc) is 3.32. The number of piperazine rings is 1. The van der Waals surface area contributed by atoms with Gasteiger partial charge in [-0.1, -0.05) is 6.07 Å². The fourth-order valence-electron chi connectivity index (χ4n) is 3.68. The Kier molecular flexibility index (Phi) is 4.59. The van der Waals surface area contributed by atoms with Crippen LogP contribution in [0.3, 0.4) is 0 Å². The Balaban J connectivity index is 1.36. The summed E-state index contributed by atoms with van der Waals surface area (Å²) in [5, 5.41) is 4.23. The van der Waals surface area contributed by atoms with Gasteiger partial charge in [-0.05, 0) is 37.1 Å². The minimum atomic E-state index is -0.301. The van der Waals surface area contributed by atoms with E-state index < -0.39 is 0 Å². The molecule has 0 radical (unpaired) electrons. The van der Waals surface area contributed by atoms with Crippen molar-refractivity contribution in [1.82, 2.24) is 19.6 Å². The van der Waals surface area contributed by atoms with Crippen LogP contribution in [-0.4, -0.2) is 64.7 Å². The zero-order valence-electron chi connectivity index (χ0n) is 15.5. The largest absolute Gasteiger partial charge is 0.497 e. The molecular formula is C20H24N4O3. The number of ether oxygens (including phenoxy) is 1. The maximum absolute atomic E-state index is 13.0. The lowest BCUT2D eigenvalue weighted by Crippen LogP contribution is -2.52. The summed E-state index contributed by atoms with van der Waals surface area (Å²) in [4.78, 5) is 29.4. The molecule has 142 valence electrons. The number of hydrogen-bond acceptors (Lipinski definition) is 4. The van der Waals surface area contributed by atoms with E-state index in [1.165, 1.54) is 0 Å². The number of aromatic nitrogens is 2. The fourth-order valence-corrected chi connectivity index (χ4v) is 3.68. The predicted octanol–water partition coefficient (Wildman–Crippen LogP) is 1.66. The second kappa shape index (κ2) is 7.06. The summed E-state index contributed by atoms with van der Waals surface area (Å²) < 4.78 is 7.04. The summed E-state index contributed by atoms with van der Waals surface area (Å²) in [6, 6.07) is 9.07. The second-order valence-corrected chi connectivity index (χ2v) is 7.30. The molecule has 2 aliphatic rings. The molecule has 1 aliphatic carbocycles. The van der Waals surface area contributed by atoms with E-state index in [-0.39, 0.29) is 17.2 Å². The molecule has 4 rings (SSSR count). The van der Waals surface area contributed by atoms with E-state index in [1.807, 2.05) is 38.9 Å².